The van der Waals surface area contributed by atoms with E-state index in [0.717, 1.165) is 24.0 Å². The van der Waals surface area contributed by atoms with E-state index in [0.29, 0.717) is 5.92 Å². The van der Waals surface area contributed by atoms with Crippen LogP contribution in [0.5, 0.6) is 0 Å². The molecule has 17 heavy (non-hydrogen) atoms. The number of fused-ring (bicyclic) bond motifs is 1. The van der Waals surface area contributed by atoms with Crippen LogP contribution in [0.4, 0.5) is 0 Å². The van der Waals surface area contributed by atoms with Gasteiger partial charge in [-0.1, -0.05) is 38.1 Å². The number of ether oxygens (including phenoxy) is 1. The van der Waals surface area contributed by atoms with Gasteiger partial charge in [0.05, 0.1) is 7.11 Å². The summed E-state index contributed by atoms with van der Waals surface area (Å²) in [4.78, 5) is 11.8. The van der Waals surface area contributed by atoms with Gasteiger partial charge in [0.25, 0.3) is 0 Å². The summed E-state index contributed by atoms with van der Waals surface area (Å²) in [6.45, 7) is 4.25. The normalized spacial score (nSPS) is 14.8. The highest BCUT2D eigenvalue weighted by Gasteiger charge is 2.25. The third-order valence-corrected chi connectivity index (χ3v) is 3.29. The monoisotopic (exact) mass is 230 g/mol. The summed E-state index contributed by atoms with van der Waals surface area (Å²) >= 11 is 0. The molecular weight excluding hydrogens is 212 g/mol. The van der Waals surface area contributed by atoms with Crippen molar-refractivity contribution in [2.75, 3.05) is 7.11 Å². The summed E-state index contributed by atoms with van der Waals surface area (Å²) in [5, 5.41) is 0. The third-order valence-electron chi connectivity index (χ3n) is 3.29. The van der Waals surface area contributed by atoms with Crippen LogP contribution >= 0.6 is 0 Å². The first-order chi connectivity index (χ1) is 8.15. The summed E-state index contributed by atoms with van der Waals surface area (Å²) < 4.78 is 4.89. The standard InChI is InChI=1S/C15H18O2/c1-10(2)14-12-7-5-4-6-11(12)8-9-13(14)15(16)17-3/h4-7,10H,8-9H2,1-3H3. The number of hydrogen-bond acceptors (Lipinski definition) is 2. The van der Waals surface area contributed by atoms with E-state index < -0.39 is 0 Å². The Morgan fingerprint density at radius 3 is 2.59 bits per heavy atom. The van der Waals surface area contributed by atoms with Crippen molar-refractivity contribution in [2.24, 2.45) is 5.92 Å². The fourth-order valence-corrected chi connectivity index (χ4v) is 2.55. The van der Waals surface area contributed by atoms with Gasteiger partial charge in [-0.15, -0.1) is 0 Å². The number of methoxy groups -OCH3 is 1. The Morgan fingerprint density at radius 2 is 1.94 bits per heavy atom. The molecule has 0 saturated carbocycles. The van der Waals surface area contributed by atoms with Gasteiger partial charge in [0.1, 0.15) is 0 Å². The fourth-order valence-electron chi connectivity index (χ4n) is 2.55. The number of carbonyl (C=O) groups excluding carboxylic acids is 1. The zero-order valence-corrected chi connectivity index (χ0v) is 10.6. The van der Waals surface area contributed by atoms with Crippen molar-refractivity contribution in [1.29, 1.82) is 0 Å². The summed E-state index contributed by atoms with van der Waals surface area (Å²) in [6.07, 6.45) is 1.72. The molecule has 0 unspecified atom stereocenters. The predicted octanol–water partition coefficient (Wildman–Crippen LogP) is 3.22. The van der Waals surface area contributed by atoms with Gasteiger partial charge in [0.15, 0.2) is 0 Å². The van der Waals surface area contributed by atoms with E-state index in [4.69, 9.17) is 4.74 Å². The Bertz CT molecular complexity index is 470. The number of rotatable bonds is 2. The number of aryl methyl sites for hydroxylation is 1. The maximum absolute atomic E-state index is 11.8. The second-order valence-electron chi connectivity index (χ2n) is 4.70. The van der Waals surface area contributed by atoms with Crippen molar-refractivity contribution in [1.82, 2.24) is 0 Å². The van der Waals surface area contributed by atoms with Crippen LogP contribution in [0.3, 0.4) is 0 Å². The smallest absolute Gasteiger partial charge is 0.334 e. The molecule has 0 bridgehead atoms. The Hall–Kier alpha value is -1.57. The van der Waals surface area contributed by atoms with E-state index in [1.165, 1.54) is 18.2 Å². The lowest BCUT2D eigenvalue weighted by Gasteiger charge is -2.24. The van der Waals surface area contributed by atoms with Crippen molar-refractivity contribution in [3.63, 3.8) is 0 Å². The number of carbonyl (C=O) groups is 1. The average molecular weight is 230 g/mol. The zero-order valence-electron chi connectivity index (χ0n) is 10.6. The molecular formula is C15H18O2. The summed E-state index contributed by atoms with van der Waals surface area (Å²) in [5.41, 5.74) is 4.55. The number of benzene rings is 1. The van der Waals surface area contributed by atoms with Crippen LogP contribution in [-0.4, -0.2) is 13.1 Å². The molecule has 1 aliphatic rings. The highest BCUT2D eigenvalue weighted by molar-refractivity contribution is 5.99. The molecule has 1 aromatic carbocycles. The minimum atomic E-state index is -0.178. The average Bonchev–Trinajstić information content (AvgIpc) is 2.36. The molecule has 0 saturated heterocycles. The van der Waals surface area contributed by atoms with Gasteiger partial charge in [-0.05, 0) is 35.5 Å². The van der Waals surface area contributed by atoms with Crippen LogP contribution in [0.15, 0.2) is 29.8 Å². The molecule has 0 amide bonds. The predicted molar refractivity (Wildman–Crippen MR) is 68.5 cm³/mol. The minimum Gasteiger partial charge on any atom is -0.466 e. The van der Waals surface area contributed by atoms with E-state index >= 15 is 0 Å². The van der Waals surface area contributed by atoms with Gasteiger partial charge < -0.3 is 4.74 Å². The van der Waals surface area contributed by atoms with Crippen molar-refractivity contribution in [2.45, 2.75) is 26.7 Å². The van der Waals surface area contributed by atoms with Crippen LogP contribution < -0.4 is 0 Å². The highest BCUT2D eigenvalue weighted by Crippen LogP contribution is 2.36. The summed E-state index contributed by atoms with van der Waals surface area (Å²) in [7, 11) is 1.45. The Morgan fingerprint density at radius 1 is 1.24 bits per heavy atom. The zero-order chi connectivity index (χ0) is 12.4. The first-order valence-corrected chi connectivity index (χ1v) is 6.04. The maximum atomic E-state index is 11.8. The van der Waals surface area contributed by atoms with E-state index in [9.17, 15) is 4.79 Å². The molecule has 0 aliphatic heterocycles. The molecule has 90 valence electrons. The SMILES string of the molecule is COC(=O)C1=C(C(C)C)c2ccccc2CC1. The molecule has 2 rings (SSSR count). The number of allylic oxidation sites excluding steroid dienone is 1. The fraction of sp³-hybridized carbons (Fsp3) is 0.400. The number of hydrogen-bond donors (Lipinski definition) is 0. The lowest BCUT2D eigenvalue weighted by atomic mass is 9.80. The number of esters is 1. The molecule has 0 fully saturated rings. The largest absolute Gasteiger partial charge is 0.466 e. The van der Waals surface area contributed by atoms with Gasteiger partial charge >= 0.3 is 5.97 Å². The second-order valence-corrected chi connectivity index (χ2v) is 4.70. The van der Waals surface area contributed by atoms with Crippen molar-refractivity contribution in [3.8, 4) is 0 Å². The molecule has 1 aliphatic carbocycles. The molecule has 1 aromatic rings. The lowest BCUT2D eigenvalue weighted by Crippen LogP contribution is -2.16. The van der Waals surface area contributed by atoms with Crippen molar-refractivity contribution < 1.29 is 9.53 Å². The quantitative estimate of drug-likeness (QED) is 0.729. The molecule has 2 nitrogen and oxygen atoms in total. The van der Waals surface area contributed by atoms with Crippen LogP contribution in [0.1, 0.15) is 31.4 Å². The van der Waals surface area contributed by atoms with Crippen LogP contribution in [0.25, 0.3) is 5.57 Å². The van der Waals surface area contributed by atoms with Gasteiger partial charge in [-0.25, -0.2) is 4.79 Å². The van der Waals surface area contributed by atoms with Crippen LogP contribution in [-0.2, 0) is 16.0 Å². The van der Waals surface area contributed by atoms with Crippen LogP contribution in [0, 0.1) is 5.92 Å². The Balaban J connectivity index is 2.58. The van der Waals surface area contributed by atoms with Crippen molar-refractivity contribution >= 4 is 11.5 Å². The van der Waals surface area contributed by atoms with Crippen molar-refractivity contribution in [3.05, 3.63) is 41.0 Å². The molecule has 0 N–H and O–H groups in total. The molecule has 0 heterocycles. The Labute approximate surface area is 102 Å². The van der Waals surface area contributed by atoms with E-state index in [2.05, 4.69) is 32.0 Å². The van der Waals surface area contributed by atoms with Crippen LogP contribution in [0.2, 0.25) is 0 Å². The molecule has 0 atom stereocenters. The van der Waals surface area contributed by atoms with E-state index in [1.54, 1.807) is 0 Å². The van der Waals surface area contributed by atoms with Gasteiger partial charge in [-0.2, -0.15) is 0 Å². The minimum absolute atomic E-state index is 0.178. The van der Waals surface area contributed by atoms with E-state index in [-0.39, 0.29) is 5.97 Å². The molecule has 0 aromatic heterocycles. The first-order valence-electron chi connectivity index (χ1n) is 6.04. The van der Waals surface area contributed by atoms with Gasteiger partial charge in [-0.3, -0.25) is 0 Å². The molecule has 0 radical (unpaired) electrons. The second kappa shape index (κ2) is 4.74. The highest BCUT2D eigenvalue weighted by atomic mass is 16.5. The third kappa shape index (κ3) is 2.12. The lowest BCUT2D eigenvalue weighted by molar-refractivity contribution is -0.136. The molecule has 0 spiro atoms. The summed E-state index contributed by atoms with van der Waals surface area (Å²) in [5.74, 6) is 0.161. The summed E-state index contributed by atoms with van der Waals surface area (Å²) in [6, 6.07) is 8.33. The van der Waals surface area contributed by atoms with Gasteiger partial charge in [0, 0.05) is 5.57 Å². The Kier molecular flexibility index (Phi) is 3.32. The molecule has 2 heteroatoms. The van der Waals surface area contributed by atoms with Gasteiger partial charge in [0.2, 0.25) is 0 Å². The van der Waals surface area contributed by atoms with E-state index in [1.807, 2.05) is 6.07 Å². The topological polar surface area (TPSA) is 26.3 Å². The maximum Gasteiger partial charge on any atom is 0.334 e. The first kappa shape index (κ1) is 11.9.